The number of ketones is 1. The summed E-state index contributed by atoms with van der Waals surface area (Å²) in [4.78, 5) is 22.2. The predicted molar refractivity (Wildman–Crippen MR) is 59.8 cm³/mol. The predicted octanol–water partition coefficient (Wildman–Crippen LogP) is -0.211. The van der Waals surface area contributed by atoms with E-state index in [1.165, 1.54) is 13.0 Å². The number of benzene rings is 1. The lowest BCUT2D eigenvalue weighted by Gasteiger charge is -2.06. The highest BCUT2D eigenvalue weighted by Gasteiger charge is 2.30. The van der Waals surface area contributed by atoms with E-state index in [2.05, 4.69) is 4.74 Å². The Morgan fingerprint density at radius 3 is 2.94 bits per heavy atom. The van der Waals surface area contributed by atoms with Crippen LogP contribution in [0.25, 0.3) is 0 Å². The third-order valence-electron chi connectivity index (χ3n) is 2.52. The molecule has 0 radical (unpaired) electrons. The van der Waals surface area contributed by atoms with Gasteiger partial charge in [-0.2, -0.15) is 0 Å². The highest BCUT2D eigenvalue weighted by atomic mass is 19.1. The van der Waals surface area contributed by atoms with Gasteiger partial charge < -0.3 is 14.4 Å². The molecule has 1 heterocycles. The van der Waals surface area contributed by atoms with Gasteiger partial charge >= 0.3 is 13.1 Å². The second-order valence-electron chi connectivity index (χ2n) is 3.97. The summed E-state index contributed by atoms with van der Waals surface area (Å²) in [5.74, 6) is -2.04. The second kappa shape index (κ2) is 4.87. The van der Waals surface area contributed by atoms with Crippen molar-refractivity contribution in [3.63, 3.8) is 0 Å². The summed E-state index contributed by atoms with van der Waals surface area (Å²) in [7, 11) is -1.17. The van der Waals surface area contributed by atoms with E-state index in [4.69, 9.17) is 4.65 Å². The van der Waals surface area contributed by atoms with Crippen LogP contribution in [0.2, 0.25) is 0 Å². The van der Waals surface area contributed by atoms with E-state index in [0.29, 0.717) is 11.0 Å². The van der Waals surface area contributed by atoms with Gasteiger partial charge in [0, 0.05) is 0 Å². The first-order chi connectivity index (χ1) is 8.49. The number of ether oxygens (including phenoxy) is 1. The number of hydrogen-bond donors (Lipinski definition) is 1. The van der Waals surface area contributed by atoms with Gasteiger partial charge in [0.2, 0.25) is 0 Å². The molecule has 0 unspecified atom stereocenters. The number of carbonyl (C=O) groups excluding carboxylic acids is 2. The molecule has 7 heteroatoms. The molecule has 94 valence electrons. The molecular formula is C11H10BFO5. The minimum Gasteiger partial charge on any atom is -0.454 e. The molecule has 5 nitrogen and oxygen atoms in total. The van der Waals surface area contributed by atoms with Crippen molar-refractivity contribution in [2.75, 3.05) is 6.61 Å². The number of halogens is 1. The summed E-state index contributed by atoms with van der Waals surface area (Å²) in [5.41, 5.74) is 0.508. The van der Waals surface area contributed by atoms with E-state index >= 15 is 0 Å². The monoisotopic (exact) mass is 252 g/mol. The molecule has 1 aliphatic heterocycles. The quantitative estimate of drug-likeness (QED) is 0.595. The summed E-state index contributed by atoms with van der Waals surface area (Å²) in [5, 5.41) is 9.45. The number of hydrogen-bond acceptors (Lipinski definition) is 5. The summed E-state index contributed by atoms with van der Waals surface area (Å²) < 4.78 is 23.1. The average molecular weight is 252 g/mol. The number of rotatable bonds is 3. The molecule has 1 aromatic rings. The van der Waals surface area contributed by atoms with E-state index in [1.54, 1.807) is 0 Å². The van der Waals surface area contributed by atoms with E-state index in [1.807, 2.05) is 0 Å². The van der Waals surface area contributed by atoms with Crippen LogP contribution >= 0.6 is 0 Å². The maximum Gasteiger partial charge on any atom is 0.491 e. The minimum absolute atomic E-state index is 0.0934. The Labute approximate surface area is 103 Å². The van der Waals surface area contributed by atoms with Gasteiger partial charge in [0.1, 0.15) is 12.4 Å². The zero-order chi connectivity index (χ0) is 13.3. The molecule has 0 aromatic heterocycles. The maximum absolute atomic E-state index is 13.6. The molecule has 0 saturated carbocycles. The number of Topliss-reactive ketones (excluding diaryl/α,β-unsaturated/α-hetero) is 1. The lowest BCUT2D eigenvalue weighted by Crippen LogP contribution is -2.29. The molecule has 18 heavy (non-hydrogen) atoms. The molecule has 0 atom stereocenters. The topological polar surface area (TPSA) is 72.8 Å². The first kappa shape index (κ1) is 12.7. The molecule has 0 fully saturated rings. The lowest BCUT2D eigenvalue weighted by molar-refractivity contribution is -0.120. The van der Waals surface area contributed by atoms with Crippen molar-refractivity contribution in [1.29, 1.82) is 0 Å². The van der Waals surface area contributed by atoms with E-state index in [9.17, 15) is 19.0 Å². The van der Waals surface area contributed by atoms with Crippen molar-refractivity contribution in [3.8, 4) is 0 Å². The third-order valence-corrected chi connectivity index (χ3v) is 2.52. The zero-order valence-corrected chi connectivity index (χ0v) is 9.60. The fourth-order valence-electron chi connectivity index (χ4n) is 1.65. The van der Waals surface area contributed by atoms with E-state index in [-0.39, 0.29) is 18.0 Å². The Morgan fingerprint density at radius 1 is 1.56 bits per heavy atom. The van der Waals surface area contributed by atoms with Crippen molar-refractivity contribution in [2.45, 2.75) is 13.5 Å². The average Bonchev–Trinajstić information content (AvgIpc) is 2.66. The Hall–Kier alpha value is -1.73. The van der Waals surface area contributed by atoms with Gasteiger partial charge in [-0.25, -0.2) is 9.18 Å². The van der Waals surface area contributed by atoms with Crippen molar-refractivity contribution in [1.82, 2.24) is 0 Å². The largest absolute Gasteiger partial charge is 0.491 e. The molecule has 0 saturated heterocycles. The highest BCUT2D eigenvalue weighted by Crippen LogP contribution is 2.16. The molecule has 0 amide bonds. The molecule has 1 aromatic carbocycles. The van der Waals surface area contributed by atoms with Crippen LogP contribution < -0.4 is 5.46 Å². The van der Waals surface area contributed by atoms with Gasteiger partial charge in [0.25, 0.3) is 0 Å². The van der Waals surface area contributed by atoms with Crippen LogP contribution in [0.3, 0.4) is 0 Å². The van der Waals surface area contributed by atoms with Gasteiger partial charge in [-0.3, -0.25) is 4.79 Å². The molecule has 0 aliphatic carbocycles. The Kier molecular flexibility index (Phi) is 3.44. The summed E-state index contributed by atoms with van der Waals surface area (Å²) in [6, 6.07) is 2.31. The van der Waals surface area contributed by atoms with Gasteiger partial charge in [-0.1, -0.05) is 0 Å². The van der Waals surface area contributed by atoms with Crippen LogP contribution in [-0.4, -0.2) is 30.5 Å². The van der Waals surface area contributed by atoms with Gasteiger partial charge in [-0.05, 0) is 30.1 Å². The summed E-state index contributed by atoms with van der Waals surface area (Å²) in [6.45, 7) is 0.939. The lowest BCUT2D eigenvalue weighted by atomic mass is 9.78. The fourth-order valence-corrected chi connectivity index (χ4v) is 1.65. The Morgan fingerprint density at radius 2 is 2.28 bits per heavy atom. The van der Waals surface area contributed by atoms with Crippen molar-refractivity contribution >= 4 is 24.3 Å². The fraction of sp³-hybridized carbons (Fsp3) is 0.273. The van der Waals surface area contributed by atoms with E-state index in [0.717, 1.165) is 6.07 Å². The summed E-state index contributed by atoms with van der Waals surface area (Å²) in [6.07, 6.45) is 0. The third kappa shape index (κ3) is 2.41. The first-order valence-corrected chi connectivity index (χ1v) is 5.27. The molecule has 1 aliphatic rings. The van der Waals surface area contributed by atoms with Gasteiger partial charge in [0.05, 0.1) is 12.2 Å². The minimum atomic E-state index is -1.17. The molecule has 0 spiro atoms. The van der Waals surface area contributed by atoms with Crippen LogP contribution in [0.1, 0.15) is 22.8 Å². The molecular weight excluding hydrogens is 242 g/mol. The zero-order valence-electron chi connectivity index (χ0n) is 9.60. The molecule has 1 N–H and O–H groups in total. The second-order valence-corrected chi connectivity index (χ2v) is 3.97. The maximum atomic E-state index is 13.6. The van der Waals surface area contributed by atoms with Crippen LogP contribution in [0.4, 0.5) is 4.39 Å². The normalized spacial score (nSPS) is 13.4. The number of carbonyl (C=O) groups is 2. The van der Waals surface area contributed by atoms with Crippen LogP contribution in [0, 0.1) is 5.82 Å². The van der Waals surface area contributed by atoms with E-state index < -0.39 is 25.5 Å². The van der Waals surface area contributed by atoms with Crippen molar-refractivity contribution < 1.29 is 28.4 Å². The Balaban J connectivity index is 2.26. The van der Waals surface area contributed by atoms with Crippen molar-refractivity contribution in [2.24, 2.45) is 0 Å². The standard InChI is InChI=1S/C11H10BFO5/c1-6(14)4-17-11(15)8-3-9-7(2-10(8)13)5-18-12(9)16/h2-3,16H,4-5H2,1H3. The number of fused-ring (bicyclic) bond motifs is 1. The SMILES string of the molecule is CC(=O)COC(=O)c1cc2c(cc1F)COB2O. The Bertz CT molecular complexity index is 516. The number of esters is 1. The molecule has 2 rings (SSSR count). The van der Waals surface area contributed by atoms with Crippen LogP contribution in [0.15, 0.2) is 12.1 Å². The smallest absolute Gasteiger partial charge is 0.454 e. The van der Waals surface area contributed by atoms with Crippen LogP contribution in [0.5, 0.6) is 0 Å². The van der Waals surface area contributed by atoms with Crippen molar-refractivity contribution in [3.05, 3.63) is 29.1 Å². The molecule has 0 bridgehead atoms. The first-order valence-electron chi connectivity index (χ1n) is 5.27. The van der Waals surface area contributed by atoms with Crippen LogP contribution in [-0.2, 0) is 20.8 Å². The highest BCUT2D eigenvalue weighted by molar-refractivity contribution is 6.61. The van der Waals surface area contributed by atoms with Gasteiger partial charge in [0.15, 0.2) is 5.78 Å². The van der Waals surface area contributed by atoms with Gasteiger partial charge in [-0.15, -0.1) is 0 Å². The summed E-state index contributed by atoms with van der Waals surface area (Å²) >= 11 is 0.